The van der Waals surface area contributed by atoms with Crippen LogP contribution in [0, 0.1) is 0 Å². The first-order chi connectivity index (χ1) is 27.2. The van der Waals surface area contributed by atoms with Crippen LogP contribution in [0.2, 0.25) is 0 Å². The average molecular weight is 803 g/mol. The molecule has 1 saturated heterocycles. The normalized spacial score (nSPS) is 21.7. The number of nitrogens with one attached hydrogen (secondary N) is 1. The molecular formula is C45H90N2O9. The fraction of sp³-hybridized carbons (Fsp3) is 0.978. The minimum atomic E-state index is -1.61. The number of nitrogens with zero attached hydrogens (tertiary/aromatic N) is 1. The van der Waals surface area contributed by atoms with Crippen LogP contribution in [0.5, 0.6) is 0 Å². The van der Waals surface area contributed by atoms with Crippen molar-refractivity contribution in [1.29, 1.82) is 0 Å². The fourth-order valence-corrected chi connectivity index (χ4v) is 7.73. The number of amides is 1. The van der Waals surface area contributed by atoms with E-state index in [2.05, 4.69) is 31.0 Å². The Kier molecular flexibility index (Phi) is 34.2. The molecular weight excluding hydrogens is 712 g/mol. The van der Waals surface area contributed by atoms with E-state index in [0.717, 1.165) is 51.5 Å². The molecule has 0 saturated carbocycles. The molecule has 0 radical (unpaired) electrons. The lowest BCUT2D eigenvalue weighted by Crippen LogP contribution is -2.60. The molecule has 334 valence electrons. The largest absolute Gasteiger partial charge is 0.394 e. The molecule has 8 atom stereocenters. The second-order valence-electron chi connectivity index (χ2n) is 16.8. The van der Waals surface area contributed by atoms with Crippen molar-refractivity contribution in [2.45, 2.75) is 250 Å². The Balaban J connectivity index is 2.59. The molecule has 0 aromatic heterocycles. The predicted octanol–water partition coefficient (Wildman–Crippen LogP) is 7.29. The highest BCUT2D eigenvalue weighted by atomic mass is 16.7. The Labute approximate surface area is 342 Å². The third-order valence-electron chi connectivity index (χ3n) is 11.6. The smallest absolute Gasteiger partial charge is 0.220 e. The molecule has 0 aliphatic carbocycles. The van der Waals surface area contributed by atoms with Crippen LogP contribution in [-0.2, 0) is 14.3 Å². The summed E-state index contributed by atoms with van der Waals surface area (Å²) in [6, 6.07) is -0.995. The van der Waals surface area contributed by atoms with E-state index in [1.807, 2.05) is 0 Å². The Hall–Kier alpha value is -0.890. The van der Waals surface area contributed by atoms with Gasteiger partial charge in [-0.3, -0.25) is 4.79 Å². The zero-order valence-electron chi connectivity index (χ0n) is 36.3. The number of aliphatic hydroxyl groups excluding tert-OH is 6. The van der Waals surface area contributed by atoms with Crippen LogP contribution in [0.1, 0.15) is 201 Å². The molecule has 11 nitrogen and oxygen atoms in total. The van der Waals surface area contributed by atoms with Crippen molar-refractivity contribution in [3.8, 4) is 0 Å². The summed E-state index contributed by atoms with van der Waals surface area (Å²) in [5.74, 6) is -0.259. The molecule has 7 N–H and O–H groups in total. The van der Waals surface area contributed by atoms with Crippen LogP contribution < -0.4 is 5.32 Å². The van der Waals surface area contributed by atoms with Crippen LogP contribution in [0.15, 0.2) is 0 Å². The standard InChI is InChI=1S/C45H90N2O9/c1-4-7-10-13-14-15-16-17-18-19-20-25-30-38(49)41(51)37(36-55-45-44(54)43(53)42(52)39(35-48)56-45)46-40(50)31-26-21-24-29-34-47(32-27-22-11-8-5-2)33-28-23-12-9-6-3/h37-39,41-45,48-49,51-54H,4-36H2,1-3H3,(H,46,50)/t37-,38+,39+,41-,42-,43-,44+,45-/m0/s1. The number of hydrogen-bond donors (Lipinski definition) is 7. The van der Waals surface area contributed by atoms with Crippen LogP contribution in [-0.4, -0.2) is 123 Å². The van der Waals surface area contributed by atoms with E-state index in [-0.39, 0.29) is 18.9 Å². The monoisotopic (exact) mass is 803 g/mol. The molecule has 11 heteroatoms. The van der Waals surface area contributed by atoms with E-state index >= 15 is 0 Å². The third kappa shape index (κ3) is 25.6. The van der Waals surface area contributed by atoms with E-state index in [1.165, 1.54) is 129 Å². The molecule has 1 aliphatic heterocycles. The van der Waals surface area contributed by atoms with Gasteiger partial charge < -0.3 is 50.3 Å². The maximum absolute atomic E-state index is 13.1. The van der Waals surface area contributed by atoms with Gasteiger partial charge in [-0.1, -0.05) is 162 Å². The van der Waals surface area contributed by atoms with Gasteiger partial charge in [0.25, 0.3) is 0 Å². The first-order valence-electron chi connectivity index (χ1n) is 23.5. The lowest BCUT2D eigenvalue weighted by Gasteiger charge is -2.40. The van der Waals surface area contributed by atoms with Gasteiger partial charge in [-0.2, -0.15) is 0 Å². The van der Waals surface area contributed by atoms with Gasteiger partial charge in [-0.15, -0.1) is 0 Å². The van der Waals surface area contributed by atoms with Crippen molar-refractivity contribution < 1.29 is 44.9 Å². The van der Waals surface area contributed by atoms with Crippen molar-refractivity contribution in [1.82, 2.24) is 10.2 Å². The summed E-state index contributed by atoms with van der Waals surface area (Å²) in [6.45, 7) is 9.26. The maximum atomic E-state index is 13.1. The zero-order chi connectivity index (χ0) is 41.2. The molecule has 0 bridgehead atoms. The molecule has 1 fully saturated rings. The summed E-state index contributed by atoms with van der Waals surface area (Å²) in [5.41, 5.74) is 0. The number of unbranched alkanes of at least 4 members (excludes halogenated alkanes) is 22. The zero-order valence-corrected chi connectivity index (χ0v) is 36.3. The van der Waals surface area contributed by atoms with Crippen molar-refractivity contribution in [2.75, 3.05) is 32.8 Å². The minimum absolute atomic E-state index is 0.259. The Morgan fingerprint density at radius 3 is 1.50 bits per heavy atom. The summed E-state index contributed by atoms with van der Waals surface area (Å²) < 4.78 is 11.2. The van der Waals surface area contributed by atoms with Crippen molar-refractivity contribution >= 4 is 5.91 Å². The van der Waals surface area contributed by atoms with E-state index in [9.17, 15) is 35.4 Å². The van der Waals surface area contributed by atoms with E-state index < -0.39 is 55.6 Å². The van der Waals surface area contributed by atoms with E-state index in [4.69, 9.17) is 9.47 Å². The second-order valence-corrected chi connectivity index (χ2v) is 16.8. The highest BCUT2D eigenvalue weighted by molar-refractivity contribution is 5.76. The Bertz CT molecular complexity index is 871. The average Bonchev–Trinajstić information content (AvgIpc) is 3.19. The highest BCUT2D eigenvalue weighted by Gasteiger charge is 2.44. The first-order valence-corrected chi connectivity index (χ1v) is 23.5. The lowest BCUT2D eigenvalue weighted by atomic mass is 9.98. The summed E-state index contributed by atoms with van der Waals surface area (Å²) in [7, 11) is 0. The molecule has 1 rings (SSSR count). The molecule has 0 aromatic carbocycles. The Morgan fingerprint density at radius 2 is 1.04 bits per heavy atom. The van der Waals surface area contributed by atoms with Gasteiger partial charge in [0.1, 0.15) is 30.5 Å². The van der Waals surface area contributed by atoms with Gasteiger partial charge in [-0.25, -0.2) is 0 Å². The molecule has 1 amide bonds. The molecule has 56 heavy (non-hydrogen) atoms. The number of rotatable bonds is 39. The van der Waals surface area contributed by atoms with Crippen LogP contribution in [0.4, 0.5) is 0 Å². The molecule has 0 aromatic rings. The molecule has 0 unspecified atom stereocenters. The van der Waals surface area contributed by atoms with Crippen LogP contribution >= 0.6 is 0 Å². The molecule has 0 spiro atoms. The van der Waals surface area contributed by atoms with Gasteiger partial charge in [0.05, 0.1) is 25.4 Å². The molecule has 1 aliphatic rings. The lowest BCUT2D eigenvalue weighted by molar-refractivity contribution is -0.303. The Morgan fingerprint density at radius 1 is 0.607 bits per heavy atom. The van der Waals surface area contributed by atoms with Gasteiger partial charge in [-0.05, 0) is 51.7 Å². The second kappa shape index (κ2) is 36.0. The fourth-order valence-electron chi connectivity index (χ4n) is 7.73. The third-order valence-corrected chi connectivity index (χ3v) is 11.6. The van der Waals surface area contributed by atoms with Crippen molar-refractivity contribution in [2.24, 2.45) is 0 Å². The number of carbonyl (C=O) groups excluding carboxylic acids is 1. The quantitative estimate of drug-likeness (QED) is 0.0313. The topological polar surface area (TPSA) is 172 Å². The van der Waals surface area contributed by atoms with Gasteiger partial charge in [0.2, 0.25) is 5.91 Å². The van der Waals surface area contributed by atoms with E-state index in [1.54, 1.807) is 0 Å². The first kappa shape index (κ1) is 53.1. The summed E-state index contributed by atoms with van der Waals surface area (Å²) in [6.07, 6.45) is 21.9. The predicted molar refractivity (Wildman–Crippen MR) is 226 cm³/mol. The molecule has 1 heterocycles. The summed E-state index contributed by atoms with van der Waals surface area (Å²) in [5, 5.41) is 65.4. The van der Waals surface area contributed by atoms with Crippen LogP contribution in [0.25, 0.3) is 0 Å². The van der Waals surface area contributed by atoms with Gasteiger partial charge in [0.15, 0.2) is 6.29 Å². The summed E-state index contributed by atoms with van der Waals surface area (Å²) >= 11 is 0. The number of ether oxygens (including phenoxy) is 2. The SMILES string of the molecule is CCCCCCCCCCCCCC[C@@H](O)[C@@H](O)[C@H](CO[C@H]1O[C@H](CO)[C@H](O)[C@H](O)[C@H]1O)NC(=O)CCCCCCN(CCCCCCC)CCCCCCC. The number of hydrogen-bond acceptors (Lipinski definition) is 10. The van der Waals surface area contributed by atoms with E-state index in [0.29, 0.717) is 12.8 Å². The van der Waals surface area contributed by atoms with Crippen LogP contribution in [0.3, 0.4) is 0 Å². The van der Waals surface area contributed by atoms with Gasteiger partial charge >= 0.3 is 0 Å². The minimum Gasteiger partial charge on any atom is -0.394 e. The number of carbonyl (C=O) groups is 1. The van der Waals surface area contributed by atoms with Crippen molar-refractivity contribution in [3.63, 3.8) is 0 Å². The highest BCUT2D eigenvalue weighted by Crippen LogP contribution is 2.23. The van der Waals surface area contributed by atoms with Crippen molar-refractivity contribution in [3.05, 3.63) is 0 Å². The summed E-state index contributed by atoms with van der Waals surface area (Å²) in [4.78, 5) is 15.8. The maximum Gasteiger partial charge on any atom is 0.220 e. The number of aliphatic hydroxyl groups is 6. The van der Waals surface area contributed by atoms with Gasteiger partial charge in [0, 0.05) is 6.42 Å².